The molecule has 2 N–H and O–H groups in total. The van der Waals surface area contributed by atoms with Gasteiger partial charge in [-0.25, -0.2) is 18.4 Å². The predicted octanol–water partition coefficient (Wildman–Crippen LogP) is 3.65. The number of hydrogen-bond acceptors (Lipinski definition) is 7. The zero-order valence-corrected chi connectivity index (χ0v) is 19.8. The molecule has 0 amide bonds. The molecule has 0 saturated carbocycles. The Labute approximate surface area is 195 Å². The van der Waals surface area contributed by atoms with Crippen molar-refractivity contribution in [1.29, 1.82) is 0 Å². The van der Waals surface area contributed by atoms with Gasteiger partial charge in [0.2, 0.25) is 10.0 Å². The van der Waals surface area contributed by atoms with Crippen molar-refractivity contribution in [2.75, 3.05) is 13.2 Å². The molecule has 0 radical (unpaired) electrons. The SMILES string of the molecule is Cc1ccc(Cn2nc(C)c3cc(C(=O)OCCOc4ccc(S(N)(=O)=O)cc4)sc32)cc1. The molecule has 10 heteroatoms. The molecule has 0 aliphatic carbocycles. The van der Waals surface area contributed by atoms with Crippen molar-refractivity contribution >= 4 is 37.5 Å². The van der Waals surface area contributed by atoms with E-state index < -0.39 is 16.0 Å². The molecule has 0 saturated heterocycles. The van der Waals surface area contributed by atoms with E-state index in [1.165, 1.54) is 41.2 Å². The van der Waals surface area contributed by atoms with Crippen LogP contribution in [0.15, 0.2) is 59.5 Å². The number of esters is 1. The maximum Gasteiger partial charge on any atom is 0.348 e. The molecule has 0 bridgehead atoms. The van der Waals surface area contributed by atoms with Gasteiger partial charge in [-0.15, -0.1) is 11.3 Å². The van der Waals surface area contributed by atoms with Gasteiger partial charge in [-0.2, -0.15) is 5.10 Å². The fraction of sp³-hybridized carbons (Fsp3) is 0.217. The third-order valence-electron chi connectivity index (χ3n) is 5.00. The minimum absolute atomic E-state index is 0.00211. The van der Waals surface area contributed by atoms with Gasteiger partial charge in [-0.3, -0.25) is 4.68 Å². The molecule has 0 fully saturated rings. The highest BCUT2D eigenvalue weighted by molar-refractivity contribution is 7.89. The Morgan fingerprint density at radius 2 is 1.76 bits per heavy atom. The Hall–Kier alpha value is -3.21. The van der Waals surface area contributed by atoms with E-state index in [1.54, 1.807) is 0 Å². The smallest absolute Gasteiger partial charge is 0.348 e. The number of rotatable bonds is 8. The van der Waals surface area contributed by atoms with Gasteiger partial charge in [0.15, 0.2) is 0 Å². The minimum atomic E-state index is -3.75. The Morgan fingerprint density at radius 3 is 2.42 bits per heavy atom. The first-order valence-electron chi connectivity index (χ1n) is 10.2. The first-order chi connectivity index (χ1) is 15.7. The van der Waals surface area contributed by atoms with Crippen LogP contribution in [0.4, 0.5) is 0 Å². The third kappa shape index (κ3) is 5.41. The van der Waals surface area contributed by atoms with Crippen LogP contribution in [0.3, 0.4) is 0 Å². The second kappa shape index (κ2) is 9.34. The van der Waals surface area contributed by atoms with Crippen LogP contribution < -0.4 is 9.88 Å². The van der Waals surface area contributed by atoms with Crippen molar-refractivity contribution in [2.45, 2.75) is 25.3 Å². The average molecular weight is 486 g/mol. The molecule has 0 aliphatic rings. The number of primary sulfonamides is 1. The van der Waals surface area contributed by atoms with E-state index in [4.69, 9.17) is 14.6 Å². The van der Waals surface area contributed by atoms with E-state index in [0.717, 1.165) is 21.5 Å². The molecule has 2 aromatic heterocycles. The molecule has 4 rings (SSSR count). The molecule has 0 unspecified atom stereocenters. The van der Waals surface area contributed by atoms with Crippen LogP contribution in [0.5, 0.6) is 5.75 Å². The Morgan fingerprint density at radius 1 is 1.06 bits per heavy atom. The number of sulfonamides is 1. The normalized spacial score (nSPS) is 11.6. The van der Waals surface area contributed by atoms with Crippen LogP contribution in [0, 0.1) is 13.8 Å². The Bertz CT molecular complexity index is 1390. The fourth-order valence-corrected chi connectivity index (χ4v) is 4.85. The van der Waals surface area contributed by atoms with Gasteiger partial charge in [-0.1, -0.05) is 29.8 Å². The maximum atomic E-state index is 12.5. The highest BCUT2D eigenvalue weighted by atomic mass is 32.2. The molecular weight excluding hydrogens is 462 g/mol. The molecule has 0 atom stereocenters. The van der Waals surface area contributed by atoms with E-state index in [0.29, 0.717) is 17.2 Å². The van der Waals surface area contributed by atoms with Crippen molar-refractivity contribution in [2.24, 2.45) is 5.14 Å². The van der Waals surface area contributed by atoms with Gasteiger partial charge in [-0.05, 0) is 49.7 Å². The Balaban J connectivity index is 1.36. The first kappa shape index (κ1) is 23.0. The van der Waals surface area contributed by atoms with E-state index in [2.05, 4.69) is 29.4 Å². The molecule has 8 nitrogen and oxygen atoms in total. The van der Waals surface area contributed by atoms with Crippen molar-refractivity contribution in [3.63, 3.8) is 0 Å². The summed E-state index contributed by atoms with van der Waals surface area (Å²) in [5.74, 6) is 0.0257. The number of fused-ring (bicyclic) bond motifs is 1. The lowest BCUT2D eigenvalue weighted by Crippen LogP contribution is -2.13. The molecule has 2 aromatic carbocycles. The lowest BCUT2D eigenvalue weighted by Gasteiger charge is -2.07. The largest absolute Gasteiger partial charge is 0.490 e. The number of nitrogens with zero attached hydrogens (tertiary/aromatic N) is 2. The van der Waals surface area contributed by atoms with Crippen molar-refractivity contribution in [3.05, 3.63) is 76.3 Å². The highest BCUT2D eigenvalue weighted by Crippen LogP contribution is 2.29. The van der Waals surface area contributed by atoms with Crippen LogP contribution >= 0.6 is 11.3 Å². The second-order valence-electron chi connectivity index (χ2n) is 7.56. The number of nitrogens with two attached hydrogens (primary N) is 1. The number of hydrogen-bond donors (Lipinski definition) is 1. The molecule has 172 valence electrons. The van der Waals surface area contributed by atoms with Crippen molar-refractivity contribution in [1.82, 2.24) is 9.78 Å². The quantitative estimate of drug-likeness (QED) is 0.301. The Kier molecular flexibility index (Phi) is 6.50. The summed E-state index contributed by atoms with van der Waals surface area (Å²) in [6.45, 7) is 4.78. The fourth-order valence-electron chi connectivity index (χ4n) is 3.28. The zero-order chi connectivity index (χ0) is 23.6. The van der Waals surface area contributed by atoms with E-state index in [1.807, 2.05) is 24.6 Å². The third-order valence-corrected chi connectivity index (χ3v) is 7.06. The van der Waals surface area contributed by atoms with E-state index in [-0.39, 0.29) is 18.1 Å². The number of thiophene rings is 1. The van der Waals surface area contributed by atoms with Crippen molar-refractivity contribution < 1.29 is 22.7 Å². The number of benzene rings is 2. The summed E-state index contributed by atoms with van der Waals surface area (Å²) >= 11 is 1.35. The number of aromatic nitrogens is 2. The van der Waals surface area contributed by atoms with Gasteiger partial charge >= 0.3 is 5.97 Å². The van der Waals surface area contributed by atoms with Crippen LogP contribution in [-0.2, 0) is 21.3 Å². The van der Waals surface area contributed by atoms with E-state index >= 15 is 0 Å². The van der Waals surface area contributed by atoms with Crippen LogP contribution in [-0.4, -0.2) is 37.4 Å². The topological polar surface area (TPSA) is 114 Å². The van der Waals surface area contributed by atoms with Gasteiger partial charge in [0.05, 0.1) is 17.1 Å². The average Bonchev–Trinajstić information content (AvgIpc) is 3.34. The molecule has 2 heterocycles. The summed E-state index contributed by atoms with van der Waals surface area (Å²) in [5.41, 5.74) is 3.20. The van der Waals surface area contributed by atoms with Crippen LogP contribution in [0.1, 0.15) is 26.5 Å². The first-order valence-corrected chi connectivity index (χ1v) is 12.5. The van der Waals surface area contributed by atoms with Gasteiger partial charge < -0.3 is 9.47 Å². The minimum Gasteiger partial charge on any atom is -0.490 e. The number of aryl methyl sites for hydroxylation is 2. The second-order valence-corrected chi connectivity index (χ2v) is 10.2. The van der Waals surface area contributed by atoms with Crippen LogP contribution in [0.25, 0.3) is 10.2 Å². The van der Waals surface area contributed by atoms with E-state index in [9.17, 15) is 13.2 Å². The maximum absolute atomic E-state index is 12.5. The standard InChI is InChI=1S/C23H23N3O5S2/c1-15-3-5-17(6-4-15)14-26-22-20(16(2)25-26)13-21(32-22)23(27)31-12-11-30-18-7-9-19(10-8-18)33(24,28)29/h3-10,13H,11-12,14H2,1-2H3,(H2,24,28,29). The highest BCUT2D eigenvalue weighted by Gasteiger charge is 2.17. The number of ether oxygens (including phenoxy) is 2. The predicted molar refractivity (Wildman–Crippen MR) is 126 cm³/mol. The monoisotopic (exact) mass is 485 g/mol. The number of carbonyl (C=O) groups is 1. The van der Waals surface area contributed by atoms with Crippen LogP contribution in [0.2, 0.25) is 0 Å². The number of carbonyl (C=O) groups excluding carboxylic acids is 1. The summed E-state index contributed by atoms with van der Waals surface area (Å²) < 4.78 is 35.3. The lowest BCUT2D eigenvalue weighted by atomic mass is 10.1. The summed E-state index contributed by atoms with van der Waals surface area (Å²) in [7, 11) is -3.75. The molecule has 0 spiro atoms. The summed E-state index contributed by atoms with van der Waals surface area (Å²) in [4.78, 5) is 13.9. The molecular formula is C23H23N3O5S2. The molecule has 33 heavy (non-hydrogen) atoms. The van der Waals surface area contributed by atoms with Gasteiger partial charge in [0, 0.05) is 5.39 Å². The summed E-state index contributed by atoms with van der Waals surface area (Å²) in [6.07, 6.45) is 0. The van der Waals surface area contributed by atoms with Crippen molar-refractivity contribution in [3.8, 4) is 5.75 Å². The molecule has 0 aliphatic heterocycles. The summed E-state index contributed by atoms with van der Waals surface area (Å²) in [5, 5.41) is 10.6. The molecule has 4 aromatic rings. The summed E-state index contributed by atoms with van der Waals surface area (Å²) in [6, 6.07) is 15.8. The van der Waals surface area contributed by atoms with Gasteiger partial charge in [0.25, 0.3) is 0 Å². The lowest BCUT2D eigenvalue weighted by molar-refractivity contribution is 0.0456. The van der Waals surface area contributed by atoms with Gasteiger partial charge in [0.1, 0.15) is 28.7 Å². The zero-order valence-electron chi connectivity index (χ0n) is 18.1.